The van der Waals surface area contributed by atoms with Gasteiger partial charge in [-0.2, -0.15) is 0 Å². The van der Waals surface area contributed by atoms with Crippen molar-refractivity contribution in [3.8, 4) is 0 Å². The summed E-state index contributed by atoms with van der Waals surface area (Å²) in [7, 11) is 0. The van der Waals surface area contributed by atoms with Gasteiger partial charge in [-0.15, -0.1) is 11.3 Å². The average molecular weight is 238 g/mol. The second-order valence-corrected chi connectivity index (χ2v) is 5.39. The predicted octanol–water partition coefficient (Wildman–Crippen LogP) is 3.36. The van der Waals surface area contributed by atoms with Crippen LogP contribution in [0, 0.1) is 12.8 Å². The Bertz CT molecular complexity index is 356. The Kier molecular flexibility index (Phi) is 3.93. The first-order valence-corrected chi connectivity index (χ1v) is 6.84. The number of aromatic nitrogens is 1. The van der Waals surface area contributed by atoms with Gasteiger partial charge in [-0.1, -0.05) is 25.7 Å². The van der Waals surface area contributed by atoms with E-state index in [1.165, 1.54) is 37.0 Å². The van der Waals surface area contributed by atoms with Crippen molar-refractivity contribution in [2.24, 2.45) is 5.92 Å². The van der Waals surface area contributed by atoms with Gasteiger partial charge in [0.05, 0.1) is 5.69 Å². The fraction of sp³-hybridized carbons (Fsp3) is 0.667. The first-order valence-electron chi connectivity index (χ1n) is 5.96. The van der Waals surface area contributed by atoms with E-state index >= 15 is 0 Å². The van der Waals surface area contributed by atoms with Crippen LogP contribution in [0.3, 0.4) is 0 Å². The van der Waals surface area contributed by atoms with Crippen LogP contribution in [-0.2, 0) is 4.79 Å². The van der Waals surface area contributed by atoms with Gasteiger partial charge in [0.1, 0.15) is 0 Å². The van der Waals surface area contributed by atoms with Crippen molar-refractivity contribution < 1.29 is 4.79 Å². The molecule has 0 atom stereocenters. The number of carbonyl (C=O) groups excluding carboxylic acids is 1. The van der Waals surface area contributed by atoms with Crippen molar-refractivity contribution in [1.82, 2.24) is 4.98 Å². The van der Waals surface area contributed by atoms with Crippen LogP contribution in [0.2, 0.25) is 0 Å². The number of hydrogen-bond acceptors (Lipinski definition) is 3. The van der Waals surface area contributed by atoms with Crippen molar-refractivity contribution in [3.05, 3.63) is 11.1 Å². The highest BCUT2D eigenvalue weighted by molar-refractivity contribution is 7.13. The van der Waals surface area contributed by atoms with Gasteiger partial charge in [-0.05, 0) is 19.3 Å². The summed E-state index contributed by atoms with van der Waals surface area (Å²) < 4.78 is 0. The first-order chi connectivity index (χ1) is 7.74. The number of amides is 1. The van der Waals surface area contributed by atoms with Crippen molar-refractivity contribution in [1.29, 1.82) is 0 Å². The quantitative estimate of drug-likeness (QED) is 0.874. The minimum atomic E-state index is 0.112. The van der Waals surface area contributed by atoms with Gasteiger partial charge in [-0.25, -0.2) is 4.98 Å². The molecule has 0 spiro atoms. The molecule has 1 saturated carbocycles. The SMILES string of the molecule is Cc1csc(NC(=O)CCC2CCCC2)n1. The highest BCUT2D eigenvalue weighted by Gasteiger charge is 2.16. The van der Waals surface area contributed by atoms with Gasteiger partial charge in [0, 0.05) is 11.8 Å². The minimum Gasteiger partial charge on any atom is -0.302 e. The zero-order valence-electron chi connectivity index (χ0n) is 9.66. The molecule has 3 nitrogen and oxygen atoms in total. The number of nitrogens with zero attached hydrogens (tertiary/aromatic N) is 1. The molecule has 0 aliphatic heterocycles. The Morgan fingerprint density at radius 1 is 1.56 bits per heavy atom. The molecule has 16 heavy (non-hydrogen) atoms. The molecule has 1 fully saturated rings. The third-order valence-electron chi connectivity index (χ3n) is 3.12. The van der Waals surface area contributed by atoms with Gasteiger partial charge < -0.3 is 5.32 Å². The van der Waals surface area contributed by atoms with Crippen LogP contribution >= 0.6 is 11.3 Å². The van der Waals surface area contributed by atoms with Crippen LogP contribution < -0.4 is 5.32 Å². The number of carbonyl (C=O) groups is 1. The molecule has 0 aromatic carbocycles. The average Bonchev–Trinajstić information content (AvgIpc) is 2.87. The monoisotopic (exact) mass is 238 g/mol. The summed E-state index contributed by atoms with van der Waals surface area (Å²) in [5.41, 5.74) is 0.969. The smallest absolute Gasteiger partial charge is 0.226 e. The molecule has 0 bridgehead atoms. The summed E-state index contributed by atoms with van der Waals surface area (Å²) in [5, 5.41) is 5.54. The molecule has 1 amide bonds. The molecule has 1 aliphatic carbocycles. The van der Waals surface area contributed by atoms with E-state index in [-0.39, 0.29) is 5.91 Å². The normalized spacial score (nSPS) is 16.6. The molecule has 1 aliphatic rings. The first kappa shape index (κ1) is 11.6. The lowest BCUT2D eigenvalue weighted by Crippen LogP contribution is -2.12. The zero-order valence-corrected chi connectivity index (χ0v) is 10.5. The predicted molar refractivity (Wildman–Crippen MR) is 66.7 cm³/mol. The number of thiazole rings is 1. The van der Waals surface area contributed by atoms with Crippen LogP contribution in [0.1, 0.15) is 44.2 Å². The summed E-state index contributed by atoms with van der Waals surface area (Å²) in [5.74, 6) is 0.894. The summed E-state index contributed by atoms with van der Waals surface area (Å²) in [6.45, 7) is 1.94. The van der Waals surface area contributed by atoms with E-state index in [0.717, 1.165) is 23.2 Å². The second kappa shape index (κ2) is 5.43. The van der Waals surface area contributed by atoms with Crippen LogP contribution in [0.25, 0.3) is 0 Å². The maximum atomic E-state index is 11.6. The minimum absolute atomic E-state index is 0.112. The highest BCUT2D eigenvalue weighted by atomic mass is 32.1. The molecule has 1 aromatic rings. The summed E-state index contributed by atoms with van der Waals surface area (Å²) in [4.78, 5) is 15.9. The molecule has 4 heteroatoms. The molecular weight excluding hydrogens is 220 g/mol. The number of hydrogen-bond donors (Lipinski definition) is 1. The number of aryl methyl sites for hydroxylation is 1. The van der Waals surface area contributed by atoms with Crippen molar-refractivity contribution in [3.63, 3.8) is 0 Å². The Hall–Kier alpha value is -0.900. The van der Waals surface area contributed by atoms with Gasteiger partial charge in [0.2, 0.25) is 5.91 Å². The van der Waals surface area contributed by atoms with Gasteiger partial charge >= 0.3 is 0 Å². The fourth-order valence-electron chi connectivity index (χ4n) is 2.23. The van der Waals surface area contributed by atoms with E-state index in [0.29, 0.717) is 6.42 Å². The second-order valence-electron chi connectivity index (χ2n) is 4.53. The summed E-state index contributed by atoms with van der Waals surface area (Å²) in [6.07, 6.45) is 6.99. The third kappa shape index (κ3) is 3.30. The molecule has 1 aromatic heterocycles. The molecule has 88 valence electrons. The maximum absolute atomic E-state index is 11.6. The molecule has 1 N–H and O–H groups in total. The Labute approximate surface area is 100 Å². The van der Waals surface area contributed by atoms with Gasteiger partial charge in [-0.3, -0.25) is 4.79 Å². The van der Waals surface area contributed by atoms with E-state index in [1.807, 2.05) is 12.3 Å². The molecule has 2 rings (SSSR count). The molecule has 0 saturated heterocycles. The Morgan fingerprint density at radius 2 is 2.31 bits per heavy atom. The maximum Gasteiger partial charge on any atom is 0.226 e. The number of rotatable bonds is 4. The number of anilines is 1. The van der Waals surface area contributed by atoms with Crippen LogP contribution in [0.5, 0.6) is 0 Å². The molecular formula is C12H18N2OS. The fourth-order valence-corrected chi connectivity index (χ4v) is 2.93. The topological polar surface area (TPSA) is 42.0 Å². The lowest BCUT2D eigenvalue weighted by atomic mass is 10.0. The van der Waals surface area contributed by atoms with E-state index in [2.05, 4.69) is 10.3 Å². The molecule has 0 radical (unpaired) electrons. The largest absolute Gasteiger partial charge is 0.302 e. The third-order valence-corrected chi connectivity index (χ3v) is 4.00. The van der Waals surface area contributed by atoms with Crippen molar-refractivity contribution in [2.75, 3.05) is 5.32 Å². The summed E-state index contributed by atoms with van der Waals surface area (Å²) >= 11 is 1.49. The lowest BCUT2D eigenvalue weighted by molar-refractivity contribution is -0.116. The van der Waals surface area contributed by atoms with Gasteiger partial charge in [0.25, 0.3) is 0 Å². The molecule has 0 unspecified atom stereocenters. The molecule has 1 heterocycles. The zero-order chi connectivity index (χ0) is 11.4. The highest BCUT2D eigenvalue weighted by Crippen LogP contribution is 2.28. The van der Waals surface area contributed by atoms with Crippen molar-refractivity contribution in [2.45, 2.75) is 45.4 Å². The van der Waals surface area contributed by atoms with E-state index in [9.17, 15) is 4.79 Å². The summed E-state index contributed by atoms with van der Waals surface area (Å²) in [6, 6.07) is 0. The van der Waals surface area contributed by atoms with Gasteiger partial charge in [0.15, 0.2) is 5.13 Å². The Morgan fingerprint density at radius 3 is 2.94 bits per heavy atom. The van der Waals surface area contributed by atoms with Crippen LogP contribution in [-0.4, -0.2) is 10.9 Å². The van der Waals surface area contributed by atoms with Crippen LogP contribution in [0.4, 0.5) is 5.13 Å². The van der Waals surface area contributed by atoms with E-state index in [1.54, 1.807) is 0 Å². The Balaban J connectivity index is 1.71. The van der Waals surface area contributed by atoms with Crippen LogP contribution in [0.15, 0.2) is 5.38 Å². The standard InChI is InChI=1S/C12H18N2OS/c1-9-8-16-12(13-9)14-11(15)7-6-10-4-2-3-5-10/h8,10H,2-7H2,1H3,(H,13,14,15). The number of nitrogens with one attached hydrogen (secondary N) is 1. The van der Waals surface area contributed by atoms with E-state index in [4.69, 9.17) is 0 Å². The lowest BCUT2D eigenvalue weighted by Gasteiger charge is -2.07. The van der Waals surface area contributed by atoms with Crippen molar-refractivity contribution >= 4 is 22.4 Å². The van der Waals surface area contributed by atoms with E-state index < -0.39 is 0 Å².